The van der Waals surface area contributed by atoms with Crippen LogP contribution in [0.15, 0.2) is 18.2 Å². The molecule has 1 unspecified atom stereocenters. The molecule has 1 amide bonds. The van der Waals surface area contributed by atoms with E-state index in [1.165, 1.54) is 0 Å². The van der Waals surface area contributed by atoms with E-state index >= 15 is 0 Å². The van der Waals surface area contributed by atoms with Crippen molar-refractivity contribution >= 4 is 5.91 Å². The maximum Gasteiger partial charge on any atom is 0.251 e. The number of aryl methyl sites for hydroxylation is 1. The lowest BCUT2D eigenvalue weighted by Crippen LogP contribution is -2.34. The monoisotopic (exact) mass is 272 g/mol. The van der Waals surface area contributed by atoms with E-state index in [4.69, 9.17) is 5.73 Å². The predicted molar refractivity (Wildman–Crippen MR) is 83.6 cm³/mol. The Morgan fingerprint density at radius 3 is 2.70 bits per heavy atom. The SMILES string of the molecule is CCCC(CC)NC(=O)c1cc(C)cc(C#CCN)c1. The second-order valence-corrected chi connectivity index (χ2v) is 4.96. The van der Waals surface area contributed by atoms with Crippen molar-refractivity contribution in [2.24, 2.45) is 5.73 Å². The number of rotatable bonds is 5. The van der Waals surface area contributed by atoms with Crippen LogP contribution >= 0.6 is 0 Å². The van der Waals surface area contributed by atoms with Gasteiger partial charge in [-0.15, -0.1) is 0 Å². The Hall–Kier alpha value is -1.79. The summed E-state index contributed by atoms with van der Waals surface area (Å²) < 4.78 is 0. The first kappa shape index (κ1) is 16.3. The number of carbonyl (C=O) groups excluding carboxylic acids is 1. The zero-order valence-corrected chi connectivity index (χ0v) is 12.6. The van der Waals surface area contributed by atoms with Crippen LogP contribution in [0.3, 0.4) is 0 Å². The molecule has 3 heteroatoms. The van der Waals surface area contributed by atoms with E-state index in [9.17, 15) is 4.79 Å². The molecule has 0 radical (unpaired) electrons. The van der Waals surface area contributed by atoms with E-state index < -0.39 is 0 Å². The molecule has 0 aromatic heterocycles. The number of hydrogen-bond acceptors (Lipinski definition) is 2. The lowest BCUT2D eigenvalue weighted by atomic mass is 10.0. The van der Waals surface area contributed by atoms with Gasteiger partial charge in [0.2, 0.25) is 0 Å². The first-order valence-electron chi connectivity index (χ1n) is 7.22. The average molecular weight is 272 g/mol. The van der Waals surface area contributed by atoms with E-state index in [2.05, 4.69) is 31.0 Å². The third kappa shape index (κ3) is 5.07. The summed E-state index contributed by atoms with van der Waals surface area (Å²) in [5.41, 5.74) is 7.91. The second-order valence-electron chi connectivity index (χ2n) is 4.96. The van der Waals surface area contributed by atoms with Crippen molar-refractivity contribution in [2.75, 3.05) is 6.54 Å². The summed E-state index contributed by atoms with van der Waals surface area (Å²) in [5.74, 6) is 5.77. The molecule has 1 atom stereocenters. The third-order valence-electron chi connectivity index (χ3n) is 3.14. The van der Waals surface area contributed by atoms with Gasteiger partial charge in [-0.25, -0.2) is 0 Å². The summed E-state index contributed by atoms with van der Waals surface area (Å²) in [6.45, 7) is 6.51. The molecule has 0 heterocycles. The van der Waals surface area contributed by atoms with Crippen LogP contribution in [-0.4, -0.2) is 18.5 Å². The molecule has 0 saturated carbocycles. The van der Waals surface area contributed by atoms with Gasteiger partial charge in [-0.3, -0.25) is 4.79 Å². The summed E-state index contributed by atoms with van der Waals surface area (Å²) in [5, 5.41) is 3.08. The molecule has 0 aliphatic carbocycles. The lowest BCUT2D eigenvalue weighted by Gasteiger charge is -2.16. The van der Waals surface area contributed by atoms with Gasteiger partial charge in [0.1, 0.15) is 0 Å². The van der Waals surface area contributed by atoms with Crippen LogP contribution < -0.4 is 11.1 Å². The van der Waals surface area contributed by atoms with Crippen LogP contribution in [0.1, 0.15) is 54.6 Å². The van der Waals surface area contributed by atoms with E-state index in [0.717, 1.165) is 30.4 Å². The third-order valence-corrected chi connectivity index (χ3v) is 3.14. The van der Waals surface area contributed by atoms with Crippen molar-refractivity contribution in [2.45, 2.75) is 46.1 Å². The van der Waals surface area contributed by atoms with Gasteiger partial charge in [-0.1, -0.05) is 32.1 Å². The molecule has 108 valence electrons. The molecule has 20 heavy (non-hydrogen) atoms. The highest BCUT2D eigenvalue weighted by Crippen LogP contribution is 2.10. The Bertz CT molecular complexity index is 511. The van der Waals surface area contributed by atoms with Crippen LogP contribution in [0.4, 0.5) is 0 Å². The molecule has 0 bridgehead atoms. The molecule has 3 N–H and O–H groups in total. The predicted octanol–water partition coefficient (Wildman–Crippen LogP) is 2.61. The van der Waals surface area contributed by atoms with Gasteiger partial charge in [0.15, 0.2) is 0 Å². The molecule has 0 saturated heterocycles. The van der Waals surface area contributed by atoms with Crippen LogP contribution in [-0.2, 0) is 0 Å². The van der Waals surface area contributed by atoms with Gasteiger partial charge in [-0.2, -0.15) is 0 Å². The molecule has 1 aromatic carbocycles. The summed E-state index contributed by atoms with van der Waals surface area (Å²) >= 11 is 0. The van der Waals surface area contributed by atoms with Gasteiger partial charge in [0.25, 0.3) is 5.91 Å². The number of amides is 1. The molecule has 0 fully saturated rings. The van der Waals surface area contributed by atoms with Crippen LogP contribution in [0.5, 0.6) is 0 Å². The Morgan fingerprint density at radius 2 is 2.10 bits per heavy atom. The van der Waals surface area contributed by atoms with E-state index in [0.29, 0.717) is 12.1 Å². The average Bonchev–Trinajstić information content (AvgIpc) is 2.43. The smallest absolute Gasteiger partial charge is 0.251 e. The fourth-order valence-corrected chi connectivity index (χ4v) is 2.13. The zero-order valence-electron chi connectivity index (χ0n) is 12.6. The van der Waals surface area contributed by atoms with Gasteiger partial charge < -0.3 is 11.1 Å². The number of hydrogen-bond donors (Lipinski definition) is 2. The standard InChI is InChI=1S/C17H24N2O/c1-4-7-16(5-2)19-17(20)15-11-13(3)10-14(12-15)8-6-9-18/h10-12,16H,4-5,7,9,18H2,1-3H3,(H,19,20). The van der Waals surface area contributed by atoms with Gasteiger partial charge in [0.05, 0.1) is 6.54 Å². The highest BCUT2D eigenvalue weighted by atomic mass is 16.1. The van der Waals surface area contributed by atoms with E-state index in [1.54, 1.807) is 0 Å². The van der Waals surface area contributed by atoms with E-state index in [1.807, 2.05) is 25.1 Å². The van der Waals surface area contributed by atoms with Crippen LogP contribution in [0, 0.1) is 18.8 Å². The minimum atomic E-state index is -0.0233. The molecular weight excluding hydrogens is 248 g/mol. The highest BCUT2D eigenvalue weighted by molar-refractivity contribution is 5.95. The van der Waals surface area contributed by atoms with Gasteiger partial charge in [0, 0.05) is 17.2 Å². The molecular formula is C17H24N2O. The van der Waals surface area contributed by atoms with Crippen molar-refractivity contribution in [1.82, 2.24) is 5.32 Å². The van der Waals surface area contributed by atoms with Crippen LogP contribution in [0.25, 0.3) is 0 Å². The Kier molecular flexibility index (Phi) is 6.83. The maximum absolute atomic E-state index is 12.3. The summed E-state index contributed by atoms with van der Waals surface area (Å²) in [6, 6.07) is 5.92. The Balaban J connectivity index is 2.89. The summed E-state index contributed by atoms with van der Waals surface area (Å²) in [7, 11) is 0. The fourth-order valence-electron chi connectivity index (χ4n) is 2.13. The maximum atomic E-state index is 12.3. The quantitative estimate of drug-likeness (QED) is 0.810. The van der Waals surface area contributed by atoms with Gasteiger partial charge >= 0.3 is 0 Å². The van der Waals surface area contributed by atoms with Crippen molar-refractivity contribution < 1.29 is 4.79 Å². The molecule has 0 aliphatic heterocycles. The second kappa shape index (κ2) is 8.39. The van der Waals surface area contributed by atoms with Crippen molar-refractivity contribution in [3.05, 3.63) is 34.9 Å². The Morgan fingerprint density at radius 1 is 1.35 bits per heavy atom. The number of nitrogens with one attached hydrogen (secondary N) is 1. The van der Waals surface area contributed by atoms with Crippen molar-refractivity contribution in [3.8, 4) is 11.8 Å². The highest BCUT2D eigenvalue weighted by Gasteiger charge is 2.12. The van der Waals surface area contributed by atoms with Crippen LogP contribution in [0.2, 0.25) is 0 Å². The molecule has 3 nitrogen and oxygen atoms in total. The molecule has 0 spiro atoms. The number of benzene rings is 1. The number of nitrogens with two attached hydrogens (primary N) is 1. The minimum absolute atomic E-state index is 0.0233. The minimum Gasteiger partial charge on any atom is -0.349 e. The zero-order chi connectivity index (χ0) is 15.0. The largest absolute Gasteiger partial charge is 0.349 e. The topological polar surface area (TPSA) is 55.1 Å². The number of carbonyl (C=O) groups is 1. The van der Waals surface area contributed by atoms with Crippen molar-refractivity contribution in [3.63, 3.8) is 0 Å². The summed E-state index contributed by atoms with van der Waals surface area (Å²) in [4.78, 5) is 12.3. The molecule has 1 aromatic rings. The van der Waals surface area contributed by atoms with Crippen molar-refractivity contribution in [1.29, 1.82) is 0 Å². The fraction of sp³-hybridized carbons (Fsp3) is 0.471. The molecule has 0 aliphatic rings. The Labute approximate surface area is 121 Å². The summed E-state index contributed by atoms with van der Waals surface area (Å²) in [6.07, 6.45) is 3.03. The lowest BCUT2D eigenvalue weighted by molar-refractivity contribution is 0.0933. The van der Waals surface area contributed by atoms with Gasteiger partial charge in [-0.05, 0) is 43.5 Å². The first-order valence-corrected chi connectivity index (χ1v) is 7.22. The molecule has 1 rings (SSSR count). The first-order chi connectivity index (χ1) is 9.60. The normalized spacial score (nSPS) is 11.4. The van der Waals surface area contributed by atoms with E-state index in [-0.39, 0.29) is 11.9 Å².